The van der Waals surface area contributed by atoms with E-state index in [0.717, 1.165) is 27.3 Å². The molecule has 3 heterocycles. The standard InChI is InChI=1S/C12H8N4/c1-2-8-11-9(3-1)14-6-10-12(11)16(7-15-10)5-4-13-8/h1-6H,7H2. The Kier molecular flexibility index (Phi) is 1.33. The highest BCUT2D eigenvalue weighted by molar-refractivity contribution is 6.04. The van der Waals surface area contributed by atoms with Crippen molar-refractivity contribution in [2.75, 3.05) is 0 Å². The number of nitrogens with zero attached hydrogens (tertiary/aromatic N) is 4. The summed E-state index contributed by atoms with van der Waals surface area (Å²) < 4.78 is 2.11. The third-order valence-corrected chi connectivity index (χ3v) is 2.97. The maximum atomic E-state index is 4.45. The molecule has 16 heavy (non-hydrogen) atoms. The summed E-state index contributed by atoms with van der Waals surface area (Å²) in [6.45, 7) is 0.663. The van der Waals surface area contributed by atoms with Crippen molar-refractivity contribution in [3.05, 3.63) is 42.1 Å². The number of hydrogen-bond acceptors (Lipinski definition) is 3. The van der Waals surface area contributed by atoms with Crippen LogP contribution in [-0.4, -0.2) is 14.5 Å². The van der Waals surface area contributed by atoms with Crippen LogP contribution in [-0.2, 0) is 6.67 Å². The van der Waals surface area contributed by atoms with Gasteiger partial charge in [0.15, 0.2) is 0 Å². The summed E-state index contributed by atoms with van der Waals surface area (Å²) in [5.74, 6) is 0. The van der Waals surface area contributed by atoms with E-state index in [0.29, 0.717) is 6.67 Å². The van der Waals surface area contributed by atoms with Crippen LogP contribution in [0.15, 0.2) is 41.8 Å². The van der Waals surface area contributed by atoms with Crippen LogP contribution < -0.4 is 5.36 Å². The van der Waals surface area contributed by atoms with E-state index >= 15 is 0 Å². The Labute approximate surface area is 90.9 Å². The van der Waals surface area contributed by atoms with Gasteiger partial charge in [0.05, 0.1) is 28.1 Å². The second kappa shape index (κ2) is 2.66. The van der Waals surface area contributed by atoms with E-state index in [4.69, 9.17) is 0 Å². The highest BCUT2D eigenvalue weighted by Crippen LogP contribution is 2.21. The highest BCUT2D eigenvalue weighted by Gasteiger charge is 2.10. The molecule has 0 bridgehead atoms. The molecule has 0 aliphatic carbocycles. The Morgan fingerprint density at radius 3 is 2.94 bits per heavy atom. The van der Waals surface area contributed by atoms with Crippen molar-refractivity contribution < 1.29 is 0 Å². The summed E-state index contributed by atoms with van der Waals surface area (Å²) in [7, 11) is 0. The van der Waals surface area contributed by atoms with Gasteiger partial charge in [0, 0.05) is 12.4 Å². The third-order valence-electron chi connectivity index (χ3n) is 2.97. The number of benzene rings is 1. The summed E-state index contributed by atoms with van der Waals surface area (Å²) in [5, 5.41) is 2.06. The molecule has 4 rings (SSSR count). The minimum absolute atomic E-state index is 0.663. The zero-order chi connectivity index (χ0) is 10.5. The molecular formula is C12H8N4. The predicted octanol–water partition coefficient (Wildman–Crippen LogP) is 1.46. The van der Waals surface area contributed by atoms with Crippen LogP contribution in [0.1, 0.15) is 0 Å². The van der Waals surface area contributed by atoms with Gasteiger partial charge in [-0.25, -0.2) is 0 Å². The Bertz CT molecular complexity index is 786. The summed E-state index contributed by atoms with van der Waals surface area (Å²) in [6.07, 6.45) is 5.62. The van der Waals surface area contributed by atoms with Crippen molar-refractivity contribution >= 4 is 21.9 Å². The first-order chi connectivity index (χ1) is 7.93. The Hall–Kier alpha value is -2.23. The molecule has 0 saturated carbocycles. The second-order valence-corrected chi connectivity index (χ2v) is 3.86. The molecule has 0 radical (unpaired) electrons. The second-order valence-electron chi connectivity index (χ2n) is 3.86. The fraction of sp³-hybridized carbons (Fsp3) is 0.0833. The van der Waals surface area contributed by atoms with Gasteiger partial charge in [0.2, 0.25) is 0 Å². The van der Waals surface area contributed by atoms with E-state index in [9.17, 15) is 0 Å². The lowest BCUT2D eigenvalue weighted by molar-refractivity contribution is 0.778. The van der Waals surface area contributed by atoms with E-state index in [2.05, 4.69) is 19.5 Å². The molecule has 1 aliphatic rings. The fourth-order valence-corrected chi connectivity index (χ4v) is 2.25. The topological polar surface area (TPSA) is 43.1 Å². The van der Waals surface area contributed by atoms with Gasteiger partial charge in [-0.15, -0.1) is 0 Å². The molecule has 0 unspecified atom stereocenters. The molecule has 3 aromatic rings. The molecule has 1 aromatic carbocycles. The van der Waals surface area contributed by atoms with Crippen molar-refractivity contribution in [3.63, 3.8) is 0 Å². The summed E-state index contributed by atoms with van der Waals surface area (Å²) in [6, 6.07) is 6.00. The number of hydrogen-bond donors (Lipinski definition) is 0. The fourth-order valence-electron chi connectivity index (χ4n) is 2.25. The summed E-state index contributed by atoms with van der Waals surface area (Å²) >= 11 is 0. The third kappa shape index (κ3) is 0.863. The normalized spacial score (nSPS) is 13.2. The molecular weight excluding hydrogens is 200 g/mol. The Morgan fingerprint density at radius 2 is 2.00 bits per heavy atom. The molecule has 0 atom stereocenters. The maximum Gasteiger partial charge on any atom is 0.115 e. The Balaban J connectivity index is 2.51. The Morgan fingerprint density at radius 1 is 1.12 bits per heavy atom. The van der Waals surface area contributed by atoms with Gasteiger partial charge in [0.25, 0.3) is 0 Å². The number of rotatable bonds is 0. The van der Waals surface area contributed by atoms with E-state index < -0.39 is 0 Å². The van der Waals surface area contributed by atoms with Crippen LogP contribution in [0.2, 0.25) is 0 Å². The van der Waals surface area contributed by atoms with Gasteiger partial charge < -0.3 is 4.57 Å². The molecule has 2 aromatic heterocycles. The molecule has 76 valence electrons. The van der Waals surface area contributed by atoms with E-state index in [1.54, 1.807) is 0 Å². The lowest BCUT2D eigenvalue weighted by atomic mass is 10.2. The molecule has 0 spiro atoms. The van der Waals surface area contributed by atoms with E-state index in [1.807, 2.05) is 36.8 Å². The molecule has 0 fully saturated rings. The van der Waals surface area contributed by atoms with Crippen LogP contribution in [0.3, 0.4) is 0 Å². The monoisotopic (exact) mass is 208 g/mol. The van der Waals surface area contributed by atoms with Crippen LogP contribution in [0.5, 0.6) is 0 Å². The van der Waals surface area contributed by atoms with Crippen LogP contribution in [0.25, 0.3) is 21.9 Å². The lowest BCUT2D eigenvalue weighted by Crippen LogP contribution is -2.02. The average molecular weight is 208 g/mol. The molecule has 0 saturated heterocycles. The zero-order valence-corrected chi connectivity index (χ0v) is 8.46. The van der Waals surface area contributed by atoms with Gasteiger partial charge in [-0.1, -0.05) is 6.07 Å². The van der Waals surface area contributed by atoms with Gasteiger partial charge in [-0.2, -0.15) is 0 Å². The van der Waals surface area contributed by atoms with Crippen molar-refractivity contribution in [1.82, 2.24) is 14.5 Å². The minimum atomic E-state index is 0.663. The van der Waals surface area contributed by atoms with Crippen molar-refractivity contribution in [3.8, 4) is 0 Å². The predicted molar refractivity (Wildman–Crippen MR) is 60.6 cm³/mol. The maximum absolute atomic E-state index is 4.45. The van der Waals surface area contributed by atoms with Crippen LogP contribution in [0.4, 0.5) is 0 Å². The molecule has 0 amide bonds. The first-order valence-electron chi connectivity index (χ1n) is 5.17. The molecule has 0 N–H and O–H groups in total. The van der Waals surface area contributed by atoms with Gasteiger partial charge >= 0.3 is 0 Å². The van der Waals surface area contributed by atoms with Crippen LogP contribution >= 0.6 is 0 Å². The zero-order valence-electron chi connectivity index (χ0n) is 8.46. The SMILES string of the molecule is c1cc2nccn3c4c(cnc(c1)c24)=NC3. The lowest BCUT2D eigenvalue weighted by Gasteiger charge is -2.00. The van der Waals surface area contributed by atoms with Gasteiger partial charge in [-0.05, 0) is 12.1 Å². The quantitative estimate of drug-likeness (QED) is 0.561. The van der Waals surface area contributed by atoms with Crippen molar-refractivity contribution in [1.29, 1.82) is 0 Å². The van der Waals surface area contributed by atoms with E-state index in [1.165, 1.54) is 0 Å². The average Bonchev–Trinajstić information content (AvgIpc) is 2.64. The summed E-state index contributed by atoms with van der Waals surface area (Å²) in [5.41, 5.74) is 3.08. The van der Waals surface area contributed by atoms with Crippen molar-refractivity contribution in [2.45, 2.75) is 6.67 Å². The van der Waals surface area contributed by atoms with Crippen LogP contribution in [0, 0.1) is 0 Å². The number of aromatic nitrogens is 3. The molecule has 4 nitrogen and oxygen atoms in total. The van der Waals surface area contributed by atoms with Crippen molar-refractivity contribution in [2.24, 2.45) is 4.99 Å². The van der Waals surface area contributed by atoms with Gasteiger partial charge in [-0.3, -0.25) is 15.0 Å². The molecule has 1 aliphatic heterocycles. The van der Waals surface area contributed by atoms with Gasteiger partial charge in [0.1, 0.15) is 12.0 Å². The molecule has 4 heteroatoms. The first-order valence-corrected chi connectivity index (χ1v) is 5.17. The number of pyridine rings is 1. The largest absolute Gasteiger partial charge is 0.324 e. The highest BCUT2D eigenvalue weighted by atomic mass is 15.1. The van der Waals surface area contributed by atoms with E-state index in [-0.39, 0.29) is 0 Å². The first kappa shape index (κ1) is 7.98. The minimum Gasteiger partial charge on any atom is -0.324 e. The summed E-state index contributed by atoms with van der Waals surface area (Å²) in [4.78, 5) is 13.3. The smallest absolute Gasteiger partial charge is 0.115 e.